The summed E-state index contributed by atoms with van der Waals surface area (Å²) in [6.07, 6.45) is 2.05. The van der Waals surface area contributed by atoms with Crippen molar-refractivity contribution in [3.63, 3.8) is 0 Å². The van der Waals surface area contributed by atoms with Crippen LogP contribution in [0.5, 0.6) is 5.75 Å². The van der Waals surface area contributed by atoms with Gasteiger partial charge in [0, 0.05) is 5.54 Å². The highest BCUT2D eigenvalue weighted by Crippen LogP contribution is 2.38. The van der Waals surface area contributed by atoms with Crippen molar-refractivity contribution in [3.05, 3.63) is 29.3 Å². The highest BCUT2D eigenvalue weighted by Gasteiger charge is 2.31. The summed E-state index contributed by atoms with van der Waals surface area (Å²) in [5.41, 5.74) is 8.52. The summed E-state index contributed by atoms with van der Waals surface area (Å²) in [4.78, 5) is 0. The molecular formula is C11H15NO. The van der Waals surface area contributed by atoms with E-state index in [1.807, 2.05) is 12.1 Å². The van der Waals surface area contributed by atoms with E-state index in [9.17, 15) is 0 Å². The van der Waals surface area contributed by atoms with E-state index in [1.54, 1.807) is 7.11 Å². The van der Waals surface area contributed by atoms with Crippen LogP contribution in [0.4, 0.5) is 0 Å². The molecule has 13 heavy (non-hydrogen) atoms. The molecule has 1 atom stereocenters. The molecule has 1 aromatic carbocycles. The molecule has 2 N–H and O–H groups in total. The van der Waals surface area contributed by atoms with Crippen LogP contribution in [0.3, 0.4) is 0 Å². The van der Waals surface area contributed by atoms with Crippen LogP contribution < -0.4 is 10.5 Å². The molecule has 2 nitrogen and oxygen atoms in total. The van der Waals surface area contributed by atoms with Gasteiger partial charge in [-0.2, -0.15) is 0 Å². The summed E-state index contributed by atoms with van der Waals surface area (Å²) in [6, 6.07) is 6.11. The van der Waals surface area contributed by atoms with Gasteiger partial charge >= 0.3 is 0 Å². The molecule has 70 valence electrons. The average molecular weight is 177 g/mol. The van der Waals surface area contributed by atoms with E-state index in [0.29, 0.717) is 0 Å². The molecule has 0 saturated heterocycles. The smallest absolute Gasteiger partial charge is 0.122 e. The van der Waals surface area contributed by atoms with E-state index in [1.165, 1.54) is 11.1 Å². The minimum absolute atomic E-state index is 0.163. The van der Waals surface area contributed by atoms with Gasteiger partial charge in [0.25, 0.3) is 0 Å². The van der Waals surface area contributed by atoms with Gasteiger partial charge in [-0.1, -0.05) is 12.1 Å². The molecule has 1 aromatic rings. The number of benzene rings is 1. The van der Waals surface area contributed by atoms with E-state index in [2.05, 4.69) is 13.0 Å². The second-order valence-corrected chi connectivity index (χ2v) is 3.90. The molecular weight excluding hydrogens is 162 g/mol. The fraction of sp³-hybridized carbons (Fsp3) is 0.455. The molecule has 0 radical (unpaired) electrons. The number of rotatable bonds is 1. The van der Waals surface area contributed by atoms with Gasteiger partial charge in [-0.25, -0.2) is 0 Å². The first-order chi connectivity index (χ1) is 6.15. The molecule has 2 heteroatoms. The quantitative estimate of drug-likeness (QED) is 0.710. The normalized spacial score (nSPS) is 25.8. The number of methoxy groups -OCH3 is 1. The summed E-state index contributed by atoms with van der Waals surface area (Å²) in [7, 11) is 1.71. The Balaban J connectivity index is 2.56. The minimum atomic E-state index is -0.163. The first-order valence-corrected chi connectivity index (χ1v) is 4.60. The van der Waals surface area contributed by atoms with Crippen LogP contribution in [0.2, 0.25) is 0 Å². The monoisotopic (exact) mass is 177 g/mol. The molecule has 1 unspecified atom stereocenters. The zero-order chi connectivity index (χ0) is 9.47. The lowest BCUT2D eigenvalue weighted by Gasteiger charge is -2.19. The van der Waals surface area contributed by atoms with Crippen LogP contribution in [0.1, 0.15) is 24.5 Å². The van der Waals surface area contributed by atoms with Crippen LogP contribution in [-0.2, 0) is 12.0 Å². The predicted octanol–water partition coefficient (Wildman–Crippen LogP) is 1.82. The second-order valence-electron chi connectivity index (χ2n) is 3.90. The van der Waals surface area contributed by atoms with E-state index in [4.69, 9.17) is 10.5 Å². The van der Waals surface area contributed by atoms with E-state index >= 15 is 0 Å². The SMILES string of the molecule is COc1cccc2c1CCC2(C)N. The first kappa shape index (κ1) is 8.57. The molecule has 0 bridgehead atoms. The Bertz CT molecular complexity index is 331. The third-order valence-electron chi connectivity index (χ3n) is 2.86. The molecule has 0 saturated carbocycles. The Hall–Kier alpha value is -1.02. The summed E-state index contributed by atoms with van der Waals surface area (Å²) in [5, 5.41) is 0. The van der Waals surface area contributed by atoms with Crippen molar-refractivity contribution in [2.24, 2.45) is 5.73 Å². The number of ether oxygens (including phenoxy) is 1. The first-order valence-electron chi connectivity index (χ1n) is 4.60. The highest BCUT2D eigenvalue weighted by molar-refractivity contribution is 5.47. The van der Waals surface area contributed by atoms with Crippen molar-refractivity contribution in [1.82, 2.24) is 0 Å². The molecule has 0 amide bonds. The maximum absolute atomic E-state index is 6.16. The minimum Gasteiger partial charge on any atom is -0.496 e. The van der Waals surface area contributed by atoms with Gasteiger partial charge < -0.3 is 10.5 Å². The average Bonchev–Trinajstić information content (AvgIpc) is 2.43. The van der Waals surface area contributed by atoms with Crippen molar-refractivity contribution >= 4 is 0 Å². The van der Waals surface area contributed by atoms with Crippen LogP contribution in [0, 0.1) is 0 Å². The number of nitrogens with two attached hydrogens (primary N) is 1. The predicted molar refractivity (Wildman–Crippen MR) is 52.9 cm³/mol. The van der Waals surface area contributed by atoms with Crippen molar-refractivity contribution in [2.45, 2.75) is 25.3 Å². The third-order valence-corrected chi connectivity index (χ3v) is 2.86. The number of hydrogen-bond donors (Lipinski definition) is 1. The largest absolute Gasteiger partial charge is 0.496 e. The van der Waals surface area contributed by atoms with Gasteiger partial charge in [0.05, 0.1) is 7.11 Å². The highest BCUT2D eigenvalue weighted by atomic mass is 16.5. The Morgan fingerprint density at radius 3 is 2.92 bits per heavy atom. The van der Waals surface area contributed by atoms with Crippen molar-refractivity contribution in [1.29, 1.82) is 0 Å². The molecule has 0 spiro atoms. The van der Waals surface area contributed by atoms with Gasteiger partial charge in [0.1, 0.15) is 5.75 Å². The van der Waals surface area contributed by atoms with Crippen LogP contribution in [0.15, 0.2) is 18.2 Å². The Kier molecular flexibility index (Phi) is 1.81. The van der Waals surface area contributed by atoms with Crippen LogP contribution in [-0.4, -0.2) is 7.11 Å². The molecule has 1 aliphatic carbocycles. The second kappa shape index (κ2) is 2.74. The van der Waals surface area contributed by atoms with E-state index < -0.39 is 0 Å². The maximum Gasteiger partial charge on any atom is 0.122 e. The maximum atomic E-state index is 6.16. The van der Waals surface area contributed by atoms with E-state index in [0.717, 1.165) is 18.6 Å². The Morgan fingerprint density at radius 1 is 1.46 bits per heavy atom. The molecule has 1 aliphatic rings. The van der Waals surface area contributed by atoms with Crippen molar-refractivity contribution < 1.29 is 4.74 Å². The van der Waals surface area contributed by atoms with E-state index in [-0.39, 0.29) is 5.54 Å². The topological polar surface area (TPSA) is 35.2 Å². The zero-order valence-electron chi connectivity index (χ0n) is 8.13. The lowest BCUT2D eigenvalue weighted by Crippen LogP contribution is -2.29. The Labute approximate surface area is 78.7 Å². The Morgan fingerprint density at radius 2 is 2.23 bits per heavy atom. The fourth-order valence-corrected chi connectivity index (χ4v) is 2.07. The number of fused-ring (bicyclic) bond motifs is 1. The summed E-state index contributed by atoms with van der Waals surface area (Å²) in [5.74, 6) is 0.978. The third kappa shape index (κ3) is 1.22. The van der Waals surface area contributed by atoms with Gasteiger partial charge in [-0.3, -0.25) is 0 Å². The van der Waals surface area contributed by atoms with Gasteiger partial charge in [-0.15, -0.1) is 0 Å². The van der Waals surface area contributed by atoms with Crippen LogP contribution >= 0.6 is 0 Å². The van der Waals surface area contributed by atoms with Gasteiger partial charge in [-0.05, 0) is 37.0 Å². The lowest BCUT2D eigenvalue weighted by atomic mass is 9.96. The molecule has 0 aromatic heterocycles. The van der Waals surface area contributed by atoms with Gasteiger partial charge in [0.15, 0.2) is 0 Å². The zero-order valence-corrected chi connectivity index (χ0v) is 8.13. The lowest BCUT2D eigenvalue weighted by molar-refractivity contribution is 0.410. The molecule has 0 fully saturated rings. The molecule has 0 heterocycles. The standard InChI is InChI=1S/C11H15NO/c1-11(12)7-6-8-9(11)4-3-5-10(8)13-2/h3-5H,6-7,12H2,1-2H3. The molecule has 0 aliphatic heterocycles. The molecule has 2 rings (SSSR count). The van der Waals surface area contributed by atoms with Crippen molar-refractivity contribution in [3.8, 4) is 5.75 Å². The fourth-order valence-electron chi connectivity index (χ4n) is 2.07. The van der Waals surface area contributed by atoms with Crippen molar-refractivity contribution in [2.75, 3.05) is 7.11 Å². The summed E-state index contributed by atoms with van der Waals surface area (Å²) in [6.45, 7) is 2.08. The summed E-state index contributed by atoms with van der Waals surface area (Å²) < 4.78 is 5.29. The van der Waals surface area contributed by atoms with Gasteiger partial charge in [0.2, 0.25) is 0 Å². The van der Waals surface area contributed by atoms with Crippen LogP contribution in [0.25, 0.3) is 0 Å². The number of hydrogen-bond acceptors (Lipinski definition) is 2. The summed E-state index contributed by atoms with van der Waals surface area (Å²) >= 11 is 0.